The van der Waals surface area contributed by atoms with E-state index in [1.54, 1.807) is 28.8 Å². The lowest BCUT2D eigenvalue weighted by atomic mass is 10.1. The molecule has 2 N–H and O–H groups in total. The number of aromatic nitrogens is 5. The maximum absolute atomic E-state index is 12.5. The molecule has 1 amide bonds. The summed E-state index contributed by atoms with van der Waals surface area (Å²) in [7, 11) is 1.71. The van der Waals surface area contributed by atoms with E-state index in [1.165, 1.54) is 6.92 Å². The highest BCUT2D eigenvalue weighted by Crippen LogP contribution is 2.44. The highest BCUT2D eigenvalue weighted by molar-refractivity contribution is 5.97. The fraction of sp³-hybridized carbons (Fsp3) is 0.371. The number of anilines is 5. The first-order chi connectivity index (χ1) is 22.9. The number of Topliss-reactive ketones (excluding diaryl/α,β-unsaturated/α-hetero) is 1. The maximum atomic E-state index is 12.5. The van der Waals surface area contributed by atoms with Crippen molar-refractivity contribution in [3.8, 4) is 23.9 Å². The topological polar surface area (TPSA) is 140 Å². The van der Waals surface area contributed by atoms with Crippen molar-refractivity contribution in [1.29, 1.82) is 0 Å². The van der Waals surface area contributed by atoms with Crippen LogP contribution < -0.4 is 20.3 Å². The Morgan fingerprint density at radius 1 is 1.15 bits per heavy atom. The first-order valence-electron chi connectivity index (χ1n) is 15.6. The monoisotopic (exact) mass is 651 g/mol. The van der Waals surface area contributed by atoms with E-state index in [1.807, 2.05) is 69.9 Å². The van der Waals surface area contributed by atoms with Crippen LogP contribution in [0, 0.1) is 26.2 Å². The summed E-state index contributed by atoms with van der Waals surface area (Å²) in [5, 5.41) is 19.6. The molecular weight excluding hydrogens is 610 g/mol. The highest BCUT2D eigenvalue weighted by atomic mass is 16.5. The number of fused-ring (bicyclic) bond motifs is 1. The van der Waals surface area contributed by atoms with Crippen LogP contribution in [0.3, 0.4) is 0 Å². The molecule has 48 heavy (non-hydrogen) atoms. The lowest BCUT2D eigenvalue weighted by Gasteiger charge is -2.22. The van der Waals surface area contributed by atoms with Gasteiger partial charge in [0.05, 0.1) is 47.1 Å². The van der Waals surface area contributed by atoms with Crippen molar-refractivity contribution < 1.29 is 19.1 Å². The molecule has 5 heterocycles. The molecule has 1 saturated heterocycles. The van der Waals surface area contributed by atoms with E-state index < -0.39 is 0 Å². The van der Waals surface area contributed by atoms with Crippen molar-refractivity contribution in [1.82, 2.24) is 29.9 Å². The Balaban J connectivity index is 0.000000689. The van der Waals surface area contributed by atoms with Crippen LogP contribution in [0.15, 0.2) is 42.5 Å². The summed E-state index contributed by atoms with van der Waals surface area (Å²) >= 11 is 0. The van der Waals surface area contributed by atoms with Crippen LogP contribution in [0.4, 0.5) is 28.7 Å². The predicted octanol–water partition coefficient (Wildman–Crippen LogP) is 5.16. The third-order valence-electron chi connectivity index (χ3n) is 7.86. The number of likely N-dealkylation sites (tertiary alicyclic amines) is 1. The molecular formula is C35H41N9O4. The molecule has 0 saturated carbocycles. The number of carbonyl (C=O) groups excluding carboxylic acids is 2. The van der Waals surface area contributed by atoms with Gasteiger partial charge in [-0.2, -0.15) is 10.2 Å². The van der Waals surface area contributed by atoms with Crippen LogP contribution >= 0.6 is 0 Å². The number of hydrogen-bond acceptors (Lipinski definition) is 11. The fourth-order valence-corrected chi connectivity index (χ4v) is 5.10. The van der Waals surface area contributed by atoms with E-state index in [-0.39, 0.29) is 17.5 Å². The van der Waals surface area contributed by atoms with Crippen molar-refractivity contribution in [2.75, 3.05) is 42.4 Å². The molecule has 4 aromatic rings. The number of hydrogen-bond donors (Lipinski definition) is 2. The highest BCUT2D eigenvalue weighted by Gasteiger charge is 2.29. The smallest absolute Gasteiger partial charge is 0.209 e. The van der Waals surface area contributed by atoms with Crippen molar-refractivity contribution in [3.05, 3.63) is 65.1 Å². The molecule has 1 atom stereocenters. The number of ketones is 1. The van der Waals surface area contributed by atoms with E-state index in [0.29, 0.717) is 59.9 Å². The van der Waals surface area contributed by atoms with Gasteiger partial charge < -0.3 is 29.9 Å². The SMILES string of the molecule is C#Cc1cc(C)n(-c2nc(N3CNc4cc(Nc5ccc(C)nn5)c(OC5CCN(C=O)C5)cc43)ccc2C(C)=O)n1.COC(C)(C)C. The Morgan fingerprint density at radius 3 is 2.52 bits per heavy atom. The molecule has 6 rings (SSSR count). The van der Waals surface area contributed by atoms with Crippen LogP contribution in [0.25, 0.3) is 5.82 Å². The summed E-state index contributed by atoms with van der Waals surface area (Å²) < 4.78 is 13.0. The third-order valence-corrected chi connectivity index (χ3v) is 7.86. The minimum absolute atomic E-state index is 0.0417. The molecule has 0 aliphatic carbocycles. The molecule has 0 radical (unpaired) electrons. The molecule has 13 heteroatoms. The van der Waals surface area contributed by atoms with Crippen molar-refractivity contribution in [2.24, 2.45) is 0 Å². The minimum Gasteiger partial charge on any atom is -0.486 e. The van der Waals surface area contributed by atoms with Crippen molar-refractivity contribution >= 4 is 40.9 Å². The van der Waals surface area contributed by atoms with Gasteiger partial charge in [0, 0.05) is 31.8 Å². The first-order valence-corrected chi connectivity index (χ1v) is 15.6. The molecule has 1 unspecified atom stereocenters. The van der Waals surface area contributed by atoms with Gasteiger partial charge >= 0.3 is 0 Å². The zero-order valence-electron chi connectivity index (χ0n) is 28.4. The van der Waals surface area contributed by atoms with Gasteiger partial charge in [0.1, 0.15) is 23.4 Å². The fourth-order valence-electron chi connectivity index (χ4n) is 5.10. The van der Waals surface area contributed by atoms with Gasteiger partial charge in [-0.25, -0.2) is 9.67 Å². The molecule has 1 aromatic carbocycles. The summed E-state index contributed by atoms with van der Waals surface area (Å²) in [6.45, 7) is 12.9. The van der Waals surface area contributed by atoms with Crippen molar-refractivity contribution in [2.45, 2.75) is 59.7 Å². The number of benzene rings is 1. The van der Waals surface area contributed by atoms with Gasteiger partial charge in [0.2, 0.25) is 6.41 Å². The molecule has 2 aliphatic heterocycles. The predicted molar refractivity (Wildman–Crippen MR) is 185 cm³/mol. The second kappa shape index (κ2) is 14.1. The van der Waals surface area contributed by atoms with Gasteiger partial charge in [-0.15, -0.1) is 11.5 Å². The number of methoxy groups -OCH3 is 1. The Hall–Kier alpha value is -5.48. The number of aryl methyl sites for hydroxylation is 2. The number of pyridine rings is 1. The molecule has 2 aliphatic rings. The van der Waals surface area contributed by atoms with Crippen LogP contribution in [-0.4, -0.2) is 80.6 Å². The molecule has 13 nitrogen and oxygen atoms in total. The zero-order valence-corrected chi connectivity index (χ0v) is 28.4. The van der Waals surface area contributed by atoms with Gasteiger partial charge in [-0.05, 0) is 83.9 Å². The summed E-state index contributed by atoms with van der Waals surface area (Å²) in [5.41, 5.74) is 4.92. The Bertz CT molecular complexity index is 1840. The Labute approximate surface area is 280 Å². The minimum atomic E-state index is -0.159. The van der Waals surface area contributed by atoms with Crippen LogP contribution in [0.1, 0.15) is 61.6 Å². The van der Waals surface area contributed by atoms with E-state index in [2.05, 4.69) is 31.9 Å². The number of carbonyl (C=O) groups is 2. The Kier molecular flexibility index (Phi) is 9.95. The van der Waals surface area contributed by atoms with Crippen LogP contribution in [0.2, 0.25) is 0 Å². The summed E-state index contributed by atoms with van der Waals surface area (Å²) in [6.07, 6.45) is 6.99. The number of amides is 1. The second-order valence-corrected chi connectivity index (χ2v) is 12.6. The van der Waals surface area contributed by atoms with Crippen LogP contribution in [0.5, 0.6) is 5.75 Å². The first kappa shape index (κ1) is 33.9. The number of rotatable bonds is 8. The molecule has 0 bridgehead atoms. The second-order valence-electron chi connectivity index (χ2n) is 12.6. The quantitative estimate of drug-likeness (QED) is 0.148. The summed E-state index contributed by atoms with van der Waals surface area (Å²) in [5.74, 6) is 4.60. The average molecular weight is 652 g/mol. The van der Waals surface area contributed by atoms with Crippen LogP contribution in [-0.2, 0) is 9.53 Å². The third kappa shape index (κ3) is 7.72. The van der Waals surface area contributed by atoms with Crippen molar-refractivity contribution in [3.63, 3.8) is 0 Å². The number of ether oxygens (including phenoxy) is 2. The lowest BCUT2D eigenvalue weighted by Crippen LogP contribution is -2.24. The van der Waals surface area contributed by atoms with Gasteiger partial charge in [-0.1, -0.05) is 0 Å². The summed E-state index contributed by atoms with van der Waals surface area (Å²) in [4.78, 5) is 32.4. The largest absolute Gasteiger partial charge is 0.486 e. The van der Waals surface area contributed by atoms with E-state index in [4.69, 9.17) is 20.9 Å². The van der Waals surface area contributed by atoms with E-state index in [9.17, 15) is 9.59 Å². The zero-order chi connectivity index (χ0) is 34.6. The standard InChI is InChI=1S/C30H29N9O3.C5H12O/c1-5-21-12-19(3)39(36-21)30-23(20(4)41)7-9-29(33-30)38-16-31-24-13-25(32-28-8-6-18(2)34-35-28)27(14-26(24)38)42-22-10-11-37(15-22)17-40;1-5(2,3)6-4/h1,6-9,12-14,17,22,31H,10-11,15-16H2,2-4H3,(H,32,35);1-4H3. The normalized spacial score (nSPS) is 15.2. The number of nitrogens with zero attached hydrogens (tertiary/aromatic N) is 7. The van der Waals surface area contributed by atoms with Gasteiger partial charge in [0.25, 0.3) is 0 Å². The van der Waals surface area contributed by atoms with Gasteiger partial charge in [-0.3, -0.25) is 9.59 Å². The molecule has 0 spiro atoms. The lowest BCUT2D eigenvalue weighted by molar-refractivity contribution is -0.117. The molecule has 3 aromatic heterocycles. The maximum Gasteiger partial charge on any atom is 0.209 e. The molecule has 250 valence electrons. The van der Waals surface area contributed by atoms with Gasteiger partial charge in [0.15, 0.2) is 17.4 Å². The van der Waals surface area contributed by atoms with E-state index in [0.717, 1.165) is 35.6 Å². The Morgan fingerprint density at radius 2 is 1.92 bits per heavy atom. The number of terminal acetylenes is 1. The summed E-state index contributed by atoms with van der Waals surface area (Å²) in [6, 6.07) is 13.0. The number of nitrogens with one attached hydrogen (secondary N) is 2. The molecule has 1 fully saturated rings. The van der Waals surface area contributed by atoms with E-state index >= 15 is 0 Å². The average Bonchev–Trinajstić information content (AvgIpc) is 3.80.